The van der Waals surface area contributed by atoms with E-state index in [2.05, 4.69) is 10.6 Å². The Kier molecular flexibility index (Phi) is 4.31. The number of rotatable bonds is 5. The number of anilines is 1. The van der Waals surface area contributed by atoms with Gasteiger partial charge < -0.3 is 10.6 Å². The van der Waals surface area contributed by atoms with Crippen LogP contribution in [0.5, 0.6) is 0 Å². The number of nitro benzene ring substituents is 1. The van der Waals surface area contributed by atoms with Gasteiger partial charge in [-0.1, -0.05) is 0 Å². The molecule has 1 aromatic rings. The molecule has 1 aromatic carbocycles. The van der Waals surface area contributed by atoms with E-state index in [9.17, 15) is 14.5 Å². The predicted molar refractivity (Wildman–Crippen MR) is 71.9 cm³/mol. The maximum Gasteiger partial charge on any atom is 0.275 e. The second-order valence-electron chi connectivity index (χ2n) is 4.95. The Labute approximate surface area is 111 Å². The number of hydrogen-bond donors (Lipinski definition) is 2. The number of halogens is 1. The molecule has 1 heterocycles. The van der Waals surface area contributed by atoms with Crippen LogP contribution in [-0.4, -0.2) is 24.6 Å². The van der Waals surface area contributed by atoms with Crippen molar-refractivity contribution < 1.29 is 9.31 Å². The summed E-state index contributed by atoms with van der Waals surface area (Å²) in [7, 11) is 0. The van der Waals surface area contributed by atoms with Crippen LogP contribution in [0.1, 0.15) is 18.4 Å². The highest BCUT2D eigenvalue weighted by Crippen LogP contribution is 2.25. The van der Waals surface area contributed by atoms with Gasteiger partial charge in [0.05, 0.1) is 16.7 Å². The van der Waals surface area contributed by atoms with Crippen LogP contribution in [0.3, 0.4) is 0 Å². The maximum absolute atomic E-state index is 13.7. The second kappa shape index (κ2) is 5.97. The van der Waals surface area contributed by atoms with E-state index in [4.69, 9.17) is 0 Å². The van der Waals surface area contributed by atoms with Gasteiger partial charge in [-0.15, -0.1) is 0 Å². The Balaban J connectivity index is 1.96. The van der Waals surface area contributed by atoms with E-state index in [1.54, 1.807) is 6.92 Å². The van der Waals surface area contributed by atoms with Gasteiger partial charge in [-0.25, -0.2) is 4.39 Å². The molecule has 1 aliphatic heterocycles. The lowest BCUT2D eigenvalue weighted by Crippen LogP contribution is -2.13. The zero-order valence-electron chi connectivity index (χ0n) is 10.9. The quantitative estimate of drug-likeness (QED) is 0.635. The highest BCUT2D eigenvalue weighted by Gasteiger charge is 2.16. The predicted octanol–water partition coefficient (Wildman–Crippen LogP) is 2.45. The average Bonchev–Trinajstić information content (AvgIpc) is 2.85. The molecule has 0 aromatic heterocycles. The number of nitrogens with one attached hydrogen (secondary N) is 2. The van der Waals surface area contributed by atoms with Crippen molar-refractivity contribution in [2.24, 2.45) is 5.92 Å². The molecule has 1 aliphatic rings. The fourth-order valence-corrected chi connectivity index (χ4v) is 2.37. The van der Waals surface area contributed by atoms with Gasteiger partial charge >= 0.3 is 0 Å². The van der Waals surface area contributed by atoms with Gasteiger partial charge in [-0.2, -0.15) is 0 Å². The summed E-state index contributed by atoms with van der Waals surface area (Å²) < 4.78 is 13.7. The molecule has 0 aliphatic carbocycles. The van der Waals surface area contributed by atoms with Gasteiger partial charge in [-0.05, 0) is 44.8 Å². The van der Waals surface area contributed by atoms with Gasteiger partial charge in [0.1, 0.15) is 0 Å². The molecule has 1 unspecified atom stereocenters. The summed E-state index contributed by atoms with van der Waals surface area (Å²) in [6, 6.07) is 2.48. The Morgan fingerprint density at radius 1 is 1.58 bits per heavy atom. The normalized spacial score (nSPS) is 18.5. The first-order valence-corrected chi connectivity index (χ1v) is 6.47. The number of nitrogens with zero attached hydrogens (tertiary/aromatic N) is 1. The fraction of sp³-hybridized carbons (Fsp3) is 0.538. The minimum Gasteiger partial charge on any atom is -0.383 e. The summed E-state index contributed by atoms with van der Waals surface area (Å²) in [5.41, 5.74) is 0.633. The molecule has 2 rings (SSSR count). The third kappa shape index (κ3) is 3.41. The van der Waals surface area contributed by atoms with E-state index < -0.39 is 10.7 Å². The lowest BCUT2D eigenvalue weighted by Gasteiger charge is -2.11. The molecular weight excluding hydrogens is 249 g/mol. The third-order valence-electron chi connectivity index (χ3n) is 3.51. The summed E-state index contributed by atoms with van der Waals surface area (Å²) in [4.78, 5) is 10.1. The molecule has 1 saturated heterocycles. The van der Waals surface area contributed by atoms with Crippen molar-refractivity contribution in [2.75, 3.05) is 25.0 Å². The van der Waals surface area contributed by atoms with Gasteiger partial charge in [0, 0.05) is 12.1 Å². The van der Waals surface area contributed by atoms with Crippen LogP contribution < -0.4 is 10.6 Å². The van der Waals surface area contributed by atoms with Gasteiger partial charge in [-0.3, -0.25) is 10.1 Å². The van der Waals surface area contributed by atoms with Crippen LogP contribution in [0.25, 0.3) is 0 Å². The van der Waals surface area contributed by atoms with E-state index in [0.29, 0.717) is 23.7 Å². The number of nitro groups is 1. The van der Waals surface area contributed by atoms with Crippen molar-refractivity contribution in [3.8, 4) is 0 Å². The Hall–Kier alpha value is -1.69. The molecule has 0 spiro atoms. The van der Waals surface area contributed by atoms with Gasteiger partial charge in [0.15, 0.2) is 5.82 Å². The molecule has 0 radical (unpaired) electrons. The Bertz CT molecular complexity index is 473. The molecule has 2 N–H and O–H groups in total. The van der Waals surface area contributed by atoms with Crippen LogP contribution in [0.15, 0.2) is 12.1 Å². The van der Waals surface area contributed by atoms with Crippen molar-refractivity contribution >= 4 is 11.4 Å². The van der Waals surface area contributed by atoms with Crippen LogP contribution in [0.4, 0.5) is 15.8 Å². The third-order valence-corrected chi connectivity index (χ3v) is 3.51. The zero-order chi connectivity index (χ0) is 13.8. The molecule has 5 nitrogen and oxygen atoms in total. The Morgan fingerprint density at radius 2 is 2.37 bits per heavy atom. The first kappa shape index (κ1) is 13.7. The first-order chi connectivity index (χ1) is 9.08. The SMILES string of the molecule is Cc1cc(NCCC2CCNC2)c(F)cc1[N+](=O)[O-]. The van der Waals surface area contributed by atoms with E-state index in [-0.39, 0.29) is 5.69 Å². The molecule has 104 valence electrons. The zero-order valence-corrected chi connectivity index (χ0v) is 10.9. The highest BCUT2D eigenvalue weighted by molar-refractivity contribution is 5.54. The molecule has 0 amide bonds. The summed E-state index contributed by atoms with van der Waals surface area (Å²) in [6.07, 6.45) is 2.13. The van der Waals surface area contributed by atoms with E-state index in [1.165, 1.54) is 6.07 Å². The first-order valence-electron chi connectivity index (χ1n) is 6.47. The van der Waals surface area contributed by atoms with Crippen LogP contribution in [0, 0.1) is 28.8 Å². The van der Waals surface area contributed by atoms with Crippen LogP contribution >= 0.6 is 0 Å². The molecule has 6 heteroatoms. The maximum atomic E-state index is 13.7. The van der Waals surface area contributed by atoms with E-state index in [0.717, 1.165) is 32.0 Å². The van der Waals surface area contributed by atoms with Crippen molar-refractivity contribution in [3.05, 3.63) is 33.6 Å². The summed E-state index contributed by atoms with van der Waals surface area (Å²) >= 11 is 0. The number of hydrogen-bond acceptors (Lipinski definition) is 4. The second-order valence-corrected chi connectivity index (χ2v) is 4.95. The highest BCUT2D eigenvalue weighted by atomic mass is 19.1. The smallest absolute Gasteiger partial charge is 0.275 e. The Morgan fingerprint density at radius 3 is 3.00 bits per heavy atom. The van der Waals surface area contributed by atoms with Crippen molar-refractivity contribution in [1.82, 2.24) is 5.32 Å². The molecule has 19 heavy (non-hydrogen) atoms. The summed E-state index contributed by atoms with van der Waals surface area (Å²) in [6.45, 7) is 4.36. The van der Waals surface area contributed by atoms with Gasteiger partial charge in [0.2, 0.25) is 0 Å². The standard InChI is InChI=1S/C13H18FN3O2/c1-9-6-12(11(14)7-13(9)17(18)19)16-5-3-10-2-4-15-8-10/h6-7,10,15-16H,2-5,8H2,1H3. The van der Waals surface area contributed by atoms with Crippen molar-refractivity contribution in [2.45, 2.75) is 19.8 Å². The minimum absolute atomic E-state index is 0.178. The minimum atomic E-state index is -0.568. The topological polar surface area (TPSA) is 67.2 Å². The van der Waals surface area contributed by atoms with E-state index >= 15 is 0 Å². The fourth-order valence-electron chi connectivity index (χ4n) is 2.37. The van der Waals surface area contributed by atoms with Crippen molar-refractivity contribution in [3.63, 3.8) is 0 Å². The molecule has 1 atom stereocenters. The largest absolute Gasteiger partial charge is 0.383 e. The molecule has 0 saturated carbocycles. The van der Waals surface area contributed by atoms with E-state index in [1.807, 2.05) is 0 Å². The molecule has 0 bridgehead atoms. The lowest BCUT2D eigenvalue weighted by atomic mass is 10.1. The number of benzene rings is 1. The summed E-state index contributed by atoms with van der Waals surface area (Å²) in [5.74, 6) is 0.0663. The van der Waals surface area contributed by atoms with Crippen LogP contribution in [0.2, 0.25) is 0 Å². The number of aryl methyl sites for hydroxylation is 1. The van der Waals surface area contributed by atoms with Crippen molar-refractivity contribution in [1.29, 1.82) is 0 Å². The summed E-state index contributed by atoms with van der Waals surface area (Å²) in [5, 5.41) is 17.0. The van der Waals surface area contributed by atoms with Crippen LogP contribution in [-0.2, 0) is 0 Å². The monoisotopic (exact) mass is 267 g/mol. The average molecular weight is 267 g/mol. The molecule has 1 fully saturated rings. The lowest BCUT2D eigenvalue weighted by molar-refractivity contribution is -0.385. The van der Waals surface area contributed by atoms with Gasteiger partial charge in [0.25, 0.3) is 5.69 Å². The molecular formula is C13H18FN3O2.